The van der Waals surface area contributed by atoms with Gasteiger partial charge in [-0.05, 0) is 43.7 Å². The van der Waals surface area contributed by atoms with Gasteiger partial charge in [-0.15, -0.1) is 11.3 Å². The third-order valence-corrected chi connectivity index (χ3v) is 5.49. The number of amides is 1. The highest BCUT2D eigenvalue weighted by Crippen LogP contribution is 2.27. The van der Waals surface area contributed by atoms with E-state index in [0.717, 1.165) is 22.0 Å². The fourth-order valence-corrected chi connectivity index (χ4v) is 3.75. The van der Waals surface area contributed by atoms with Gasteiger partial charge in [0.2, 0.25) is 0 Å². The average molecular weight is 390 g/mol. The maximum Gasteiger partial charge on any atom is 0.263 e. The zero-order chi connectivity index (χ0) is 19.5. The van der Waals surface area contributed by atoms with Crippen molar-refractivity contribution in [3.05, 3.63) is 77.5 Å². The number of nitrogens with zero attached hydrogens (tertiary/aromatic N) is 5. The van der Waals surface area contributed by atoms with Gasteiger partial charge in [-0.25, -0.2) is 14.6 Å². The van der Waals surface area contributed by atoms with E-state index in [2.05, 4.69) is 25.4 Å². The van der Waals surface area contributed by atoms with Crippen LogP contribution in [0.3, 0.4) is 0 Å². The van der Waals surface area contributed by atoms with Crippen molar-refractivity contribution in [1.29, 1.82) is 0 Å². The van der Waals surface area contributed by atoms with Crippen LogP contribution in [0.2, 0.25) is 0 Å². The van der Waals surface area contributed by atoms with Gasteiger partial charge in [-0.1, -0.05) is 18.2 Å². The molecule has 0 fully saturated rings. The Bertz CT molecular complexity index is 1070. The molecule has 4 aromatic rings. The summed E-state index contributed by atoms with van der Waals surface area (Å²) in [6.07, 6.45) is 4.86. The van der Waals surface area contributed by atoms with Gasteiger partial charge in [0.25, 0.3) is 5.91 Å². The van der Waals surface area contributed by atoms with Gasteiger partial charge >= 0.3 is 0 Å². The lowest BCUT2D eigenvalue weighted by Gasteiger charge is -2.14. The number of hydrogen-bond acceptors (Lipinski definition) is 6. The van der Waals surface area contributed by atoms with Crippen molar-refractivity contribution in [2.24, 2.45) is 0 Å². The highest BCUT2D eigenvalue weighted by atomic mass is 32.1. The smallest absolute Gasteiger partial charge is 0.263 e. The minimum atomic E-state index is -0.142. The van der Waals surface area contributed by atoms with Gasteiger partial charge in [-0.3, -0.25) is 9.78 Å². The zero-order valence-electron chi connectivity index (χ0n) is 15.4. The Kier molecular flexibility index (Phi) is 4.94. The molecule has 0 aliphatic heterocycles. The second-order valence-electron chi connectivity index (χ2n) is 6.28. The molecule has 0 saturated carbocycles. The van der Waals surface area contributed by atoms with Crippen molar-refractivity contribution in [1.82, 2.24) is 30.0 Å². The third-order valence-electron chi connectivity index (χ3n) is 4.31. The topological polar surface area (TPSA) is 85.6 Å². The molecule has 0 saturated heterocycles. The summed E-state index contributed by atoms with van der Waals surface area (Å²) in [5.74, 6) is -0.134. The summed E-state index contributed by atoms with van der Waals surface area (Å²) in [6, 6.07) is 13.4. The largest absolute Gasteiger partial charge is 0.345 e. The van der Waals surface area contributed by atoms with E-state index in [1.807, 2.05) is 56.3 Å². The number of carbonyl (C=O) groups is 1. The summed E-state index contributed by atoms with van der Waals surface area (Å²) in [5, 5.41) is 7.90. The van der Waals surface area contributed by atoms with Gasteiger partial charge < -0.3 is 5.32 Å². The van der Waals surface area contributed by atoms with Crippen molar-refractivity contribution < 1.29 is 4.79 Å². The van der Waals surface area contributed by atoms with E-state index in [1.165, 1.54) is 17.7 Å². The van der Waals surface area contributed by atoms with E-state index < -0.39 is 0 Å². The highest BCUT2D eigenvalue weighted by molar-refractivity contribution is 7.17. The summed E-state index contributed by atoms with van der Waals surface area (Å²) in [4.78, 5) is 26.1. The van der Waals surface area contributed by atoms with Crippen molar-refractivity contribution in [3.8, 4) is 16.4 Å². The number of carbonyl (C=O) groups excluding carboxylic acids is 1. The molecule has 140 valence electrons. The van der Waals surface area contributed by atoms with Gasteiger partial charge in [0.1, 0.15) is 22.5 Å². The number of aromatic nitrogens is 5. The lowest BCUT2D eigenvalue weighted by molar-refractivity contribution is 0.0943. The van der Waals surface area contributed by atoms with Crippen molar-refractivity contribution in [3.63, 3.8) is 0 Å². The molecule has 0 radical (unpaired) electrons. The predicted octanol–water partition coefficient (Wildman–Crippen LogP) is 3.59. The monoisotopic (exact) mass is 390 g/mol. The van der Waals surface area contributed by atoms with Crippen LogP contribution in [0.5, 0.6) is 0 Å². The Morgan fingerprint density at radius 2 is 2.00 bits per heavy atom. The SMILES string of the molecule is Cc1nc(-c2ccccn2)sc1C(=O)N[C@H](C)c1ccc(-n2cncn2)cc1. The first-order chi connectivity index (χ1) is 13.6. The minimum Gasteiger partial charge on any atom is -0.345 e. The van der Waals surface area contributed by atoms with Crippen LogP contribution < -0.4 is 5.32 Å². The third kappa shape index (κ3) is 3.67. The van der Waals surface area contributed by atoms with Gasteiger partial charge in [0.05, 0.1) is 23.1 Å². The molecule has 0 aliphatic carbocycles. The number of pyridine rings is 1. The summed E-state index contributed by atoms with van der Waals surface area (Å²) in [6.45, 7) is 3.80. The predicted molar refractivity (Wildman–Crippen MR) is 107 cm³/mol. The standard InChI is InChI=1S/C20H18N6OS/c1-13(15-6-8-16(9-7-15)26-12-21-11-23-26)24-19(27)18-14(2)25-20(28-18)17-5-3-4-10-22-17/h3-13H,1-2H3,(H,24,27)/t13-/m1/s1. The zero-order valence-corrected chi connectivity index (χ0v) is 16.2. The fourth-order valence-electron chi connectivity index (χ4n) is 2.81. The highest BCUT2D eigenvalue weighted by Gasteiger charge is 2.19. The molecule has 0 spiro atoms. The summed E-state index contributed by atoms with van der Waals surface area (Å²) in [5.41, 5.74) is 3.39. The number of nitrogens with one attached hydrogen (secondary N) is 1. The van der Waals surface area contributed by atoms with Crippen molar-refractivity contribution in [2.45, 2.75) is 19.9 Å². The van der Waals surface area contributed by atoms with E-state index in [-0.39, 0.29) is 11.9 Å². The van der Waals surface area contributed by atoms with Gasteiger partial charge in [0.15, 0.2) is 0 Å². The van der Waals surface area contributed by atoms with Crippen LogP contribution >= 0.6 is 11.3 Å². The van der Waals surface area contributed by atoms with E-state index >= 15 is 0 Å². The molecule has 1 amide bonds. The second-order valence-corrected chi connectivity index (χ2v) is 7.27. The van der Waals surface area contributed by atoms with E-state index in [1.54, 1.807) is 17.2 Å². The minimum absolute atomic E-state index is 0.134. The molecular formula is C20H18N6OS. The van der Waals surface area contributed by atoms with Crippen LogP contribution in [0, 0.1) is 6.92 Å². The van der Waals surface area contributed by atoms with Crippen molar-refractivity contribution in [2.75, 3.05) is 0 Å². The molecule has 3 heterocycles. The van der Waals surface area contributed by atoms with Gasteiger partial charge in [-0.2, -0.15) is 5.10 Å². The number of thiazole rings is 1. The molecule has 1 atom stereocenters. The van der Waals surface area contributed by atoms with Crippen LogP contribution in [-0.4, -0.2) is 30.6 Å². The first-order valence-electron chi connectivity index (χ1n) is 8.76. The Hall–Kier alpha value is -3.39. The molecule has 3 aromatic heterocycles. The summed E-state index contributed by atoms with van der Waals surface area (Å²) in [7, 11) is 0. The molecule has 28 heavy (non-hydrogen) atoms. The lowest BCUT2D eigenvalue weighted by Crippen LogP contribution is -2.26. The van der Waals surface area contributed by atoms with Crippen molar-refractivity contribution >= 4 is 17.2 Å². The van der Waals surface area contributed by atoms with Crippen LogP contribution in [0.1, 0.15) is 33.9 Å². The summed E-state index contributed by atoms with van der Waals surface area (Å²) < 4.78 is 1.69. The maximum atomic E-state index is 12.8. The average Bonchev–Trinajstić information content (AvgIpc) is 3.39. The summed E-state index contributed by atoms with van der Waals surface area (Å²) >= 11 is 1.35. The Balaban J connectivity index is 1.48. The molecule has 1 aromatic carbocycles. The molecular weight excluding hydrogens is 372 g/mol. The van der Waals surface area contributed by atoms with Crippen LogP contribution in [0.15, 0.2) is 61.3 Å². The number of rotatable bonds is 5. The first-order valence-corrected chi connectivity index (χ1v) is 9.58. The van der Waals surface area contributed by atoms with Crippen LogP contribution in [0.25, 0.3) is 16.4 Å². The number of aryl methyl sites for hydroxylation is 1. The molecule has 7 nitrogen and oxygen atoms in total. The van der Waals surface area contributed by atoms with Gasteiger partial charge in [0, 0.05) is 6.20 Å². The molecule has 8 heteroatoms. The van der Waals surface area contributed by atoms with Crippen LogP contribution in [0.4, 0.5) is 0 Å². The molecule has 0 bridgehead atoms. The van der Waals surface area contributed by atoms with E-state index in [4.69, 9.17) is 0 Å². The normalized spacial score (nSPS) is 11.9. The fraction of sp³-hybridized carbons (Fsp3) is 0.150. The quantitative estimate of drug-likeness (QED) is 0.563. The molecule has 0 unspecified atom stereocenters. The Morgan fingerprint density at radius 1 is 1.18 bits per heavy atom. The molecule has 0 aliphatic rings. The molecule has 4 rings (SSSR count). The van der Waals surface area contributed by atoms with E-state index in [0.29, 0.717) is 10.6 Å². The molecule has 1 N–H and O–H groups in total. The number of benzene rings is 1. The Labute approximate surface area is 166 Å². The second kappa shape index (κ2) is 7.69. The van der Waals surface area contributed by atoms with Crippen LogP contribution in [-0.2, 0) is 0 Å². The maximum absolute atomic E-state index is 12.8. The first kappa shape index (κ1) is 18.0. The Morgan fingerprint density at radius 3 is 2.68 bits per heavy atom. The lowest BCUT2D eigenvalue weighted by atomic mass is 10.1. The van der Waals surface area contributed by atoms with E-state index in [9.17, 15) is 4.79 Å². The number of hydrogen-bond donors (Lipinski definition) is 1.